The molecular weight excluding hydrogens is 320 g/mol. The molecule has 1 aliphatic heterocycles. The van der Waals surface area contributed by atoms with Crippen LogP contribution in [0.5, 0.6) is 0 Å². The highest BCUT2D eigenvalue weighted by molar-refractivity contribution is 7.08. The number of nitrogens with zero attached hydrogens (tertiary/aromatic N) is 1. The van der Waals surface area contributed by atoms with Gasteiger partial charge in [-0.2, -0.15) is 11.3 Å². The fourth-order valence-electron chi connectivity index (χ4n) is 3.28. The molecule has 3 rings (SSSR count). The van der Waals surface area contributed by atoms with Gasteiger partial charge in [-0.3, -0.25) is 9.69 Å². The molecule has 0 unspecified atom stereocenters. The molecule has 5 heteroatoms. The van der Waals surface area contributed by atoms with E-state index in [0.29, 0.717) is 6.54 Å². The molecule has 0 radical (unpaired) electrons. The molecule has 1 saturated heterocycles. The van der Waals surface area contributed by atoms with E-state index in [1.165, 1.54) is 5.56 Å². The number of aliphatic hydroxyl groups excluding tert-OH is 1. The predicted molar refractivity (Wildman–Crippen MR) is 97.2 cm³/mol. The smallest absolute Gasteiger partial charge is 0.252 e. The fourth-order valence-corrected chi connectivity index (χ4v) is 4.11. The lowest BCUT2D eigenvalue weighted by molar-refractivity contribution is 0.0950. The van der Waals surface area contributed by atoms with Crippen molar-refractivity contribution in [2.24, 2.45) is 0 Å². The Balaban J connectivity index is 1.66. The van der Waals surface area contributed by atoms with Crippen molar-refractivity contribution in [2.45, 2.75) is 38.9 Å². The second-order valence-electron chi connectivity index (χ2n) is 6.37. The van der Waals surface area contributed by atoms with Gasteiger partial charge in [-0.15, -0.1) is 0 Å². The van der Waals surface area contributed by atoms with Crippen molar-refractivity contribution in [1.29, 1.82) is 0 Å². The largest absolute Gasteiger partial charge is 0.395 e. The summed E-state index contributed by atoms with van der Waals surface area (Å²) in [6.45, 7) is 4.56. The number of aliphatic hydroxyl groups is 1. The number of likely N-dealkylation sites (tertiary alicyclic amines) is 1. The number of rotatable bonds is 6. The van der Waals surface area contributed by atoms with E-state index >= 15 is 0 Å². The van der Waals surface area contributed by atoms with Gasteiger partial charge in [0, 0.05) is 24.5 Å². The summed E-state index contributed by atoms with van der Waals surface area (Å²) in [6.07, 6.45) is 2.20. The Kier molecular flexibility index (Phi) is 5.66. The Hall–Kier alpha value is -1.69. The molecule has 1 fully saturated rings. The van der Waals surface area contributed by atoms with E-state index in [0.717, 1.165) is 42.6 Å². The van der Waals surface area contributed by atoms with Gasteiger partial charge in [0.05, 0.1) is 12.2 Å². The van der Waals surface area contributed by atoms with Crippen LogP contribution in [0.2, 0.25) is 0 Å². The number of benzene rings is 1. The molecule has 2 N–H and O–H groups in total. The van der Waals surface area contributed by atoms with Gasteiger partial charge < -0.3 is 10.4 Å². The minimum Gasteiger partial charge on any atom is -0.395 e. The standard InChI is InChI=1S/C19H24N2O2S/c1-14-12-24-13-18(14)19(23)20-9-15-5-2-3-6-16(15)10-21-8-4-7-17(21)11-22/h2-3,5-6,12-13,17,22H,4,7-11H2,1H3,(H,20,23)/t17-/m0/s1. The molecule has 1 aromatic carbocycles. The molecule has 0 saturated carbocycles. The number of amides is 1. The minimum absolute atomic E-state index is 0.0158. The number of thiophene rings is 1. The first-order valence-electron chi connectivity index (χ1n) is 8.41. The topological polar surface area (TPSA) is 52.6 Å². The first-order valence-corrected chi connectivity index (χ1v) is 9.36. The molecule has 2 aromatic rings. The quantitative estimate of drug-likeness (QED) is 0.847. The van der Waals surface area contributed by atoms with Crippen molar-refractivity contribution in [3.05, 3.63) is 57.3 Å². The van der Waals surface area contributed by atoms with E-state index in [4.69, 9.17) is 0 Å². The van der Waals surface area contributed by atoms with Crippen LogP contribution < -0.4 is 5.32 Å². The maximum Gasteiger partial charge on any atom is 0.252 e. The SMILES string of the molecule is Cc1cscc1C(=O)NCc1ccccc1CN1CCC[C@H]1CO. The molecule has 0 bridgehead atoms. The molecular formula is C19H24N2O2S. The van der Waals surface area contributed by atoms with Crippen LogP contribution in [0.1, 0.15) is 39.9 Å². The van der Waals surface area contributed by atoms with Crippen LogP contribution in [-0.4, -0.2) is 35.1 Å². The van der Waals surface area contributed by atoms with E-state index < -0.39 is 0 Å². The maximum atomic E-state index is 12.3. The van der Waals surface area contributed by atoms with E-state index in [1.54, 1.807) is 11.3 Å². The first kappa shape index (κ1) is 17.1. The van der Waals surface area contributed by atoms with E-state index in [-0.39, 0.29) is 18.6 Å². The van der Waals surface area contributed by atoms with Crippen molar-refractivity contribution in [2.75, 3.05) is 13.2 Å². The Morgan fingerprint density at radius 1 is 1.33 bits per heavy atom. The third kappa shape index (κ3) is 3.86. The molecule has 0 aliphatic carbocycles. The van der Waals surface area contributed by atoms with Crippen LogP contribution >= 0.6 is 11.3 Å². The van der Waals surface area contributed by atoms with Crippen LogP contribution in [0.15, 0.2) is 35.0 Å². The summed E-state index contributed by atoms with van der Waals surface area (Å²) < 4.78 is 0. The van der Waals surface area contributed by atoms with Gasteiger partial charge in [0.2, 0.25) is 0 Å². The van der Waals surface area contributed by atoms with Gasteiger partial charge in [0.15, 0.2) is 0 Å². The Bertz CT molecular complexity index is 698. The summed E-state index contributed by atoms with van der Waals surface area (Å²) in [5, 5.41) is 16.4. The number of nitrogens with one attached hydrogen (secondary N) is 1. The average molecular weight is 344 g/mol. The zero-order valence-electron chi connectivity index (χ0n) is 14.0. The minimum atomic E-state index is -0.0158. The summed E-state index contributed by atoms with van der Waals surface area (Å²) in [5.41, 5.74) is 4.15. The van der Waals surface area contributed by atoms with Crippen LogP contribution in [0.3, 0.4) is 0 Å². The number of hydrogen-bond donors (Lipinski definition) is 2. The summed E-state index contributed by atoms with van der Waals surface area (Å²) in [7, 11) is 0. The zero-order chi connectivity index (χ0) is 16.9. The fraction of sp³-hybridized carbons (Fsp3) is 0.421. The first-order chi connectivity index (χ1) is 11.7. The lowest BCUT2D eigenvalue weighted by atomic mass is 10.1. The Morgan fingerprint density at radius 3 is 2.83 bits per heavy atom. The summed E-state index contributed by atoms with van der Waals surface area (Å²) >= 11 is 1.55. The van der Waals surface area contributed by atoms with Crippen LogP contribution in [-0.2, 0) is 13.1 Å². The van der Waals surface area contributed by atoms with Crippen LogP contribution in [0.4, 0.5) is 0 Å². The maximum absolute atomic E-state index is 12.3. The number of hydrogen-bond acceptors (Lipinski definition) is 4. The molecule has 1 aliphatic rings. The van der Waals surface area contributed by atoms with E-state index in [9.17, 15) is 9.90 Å². The van der Waals surface area contributed by atoms with Crippen LogP contribution in [0.25, 0.3) is 0 Å². The third-order valence-corrected chi connectivity index (χ3v) is 5.60. The molecule has 2 heterocycles. The van der Waals surface area contributed by atoms with Crippen molar-refractivity contribution in [3.8, 4) is 0 Å². The molecule has 4 nitrogen and oxygen atoms in total. The second kappa shape index (κ2) is 7.92. The molecule has 1 atom stereocenters. The van der Waals surface area contributed by atoms with Crippen molar-refractivity contribution in [3.63, 3.8) is 0 Å². The monoisotopic (exact) mass is 344 g/mol. The van der Waals surface area contributed by atoms with E-state index in [2.05, 4.69) is 22.3 Å². The van der Waals surface area contributed by atoms with Gasteiger partial charge in [-0.1, -0.05) is 24.3 Å². The molecule has 24 heavy (non-hydrogen) atoms. The third-order valence-electron chi connectivity index (χ3n) is 4.74. The highest BCUT2D eigenvalue weighted by atomic mass is 32.1. The van der Waals surface area contributed by atoms with Gasteiger partial charge in [0.1, 0.15) is 0 Å². The lowest BCUT2D eigenvalue weighted by Crippen LogP contribution is -2.32. The van der Waals surface area contributed by atoms with Crippen molar-refractivity contribution >= 4 is 17.2 Å². The van der Waals surface area contributed by atoms with Gasteiger partial charge >= 0.3 is 0 Å². The number of carbonyl (C=O) groups is 1. The number of aryl methyl sites for hydroxylation is 1. The van der Waals surface area contributed by atoms with Gasteiger partial charge in [0.25, 0.3) is 5.91 Å². The summed E-state index contributed by atoms with van der Waals surface area (Å²) in [6, 6.07) is 8.49. The van der Waals surface area contributed by atoms with Crippen LogP contribution in [0, 0.1) is 6.92 Å². The summed E-state index contributed by atoms with van der Waals surface area (Å²) in [4.78, 5) is 14.6. The number of carbonyl (C=O) groups excluding carboxylic acids is 1. The predicted octanol–water partition coefficient (Wildman–Crippen LogP) is 2.94. The molecule has 128 valence electrons. The molecule has 0 spiro atoms. The highest BCUT2D eigenvalue weighted by Crippen LogP contribution is 2.21. The van der Waals surface area contributed by atoms with Gasteiger partial charge in [-0.05, 0) is 48.4 Å². The average Bonchev–Trinajstić information content (AvgIpc) is 3.22. The Labute approximate surface area is 147 Å². The summed E-state index contributed by atoms with van der Waals surface area (Å²) in [5.74, 6) is -0.0158. The Morgan fingerprint density at radius 2 is 2.12 bits per heavy atom. The van der Waals surface area contributed by atoms with E-state index in [1.807, 2.05) is 29.8 Å². The van der Waals surface area contributed by atoms with Gasteiger partial charge in [-0.25, -0.2) is 0 Å². The van der Waals surface area contributed by atoms with Crippen molar-refractivity contribution in [1.82, 2.24) is 10.2 Å². The van der Waals surface area contributed by atoms with Crippen molar-refractivity contribution < 1.29 is 9.90 Å². The second-order valence-corrected chi connectivity index (χ2v) is 7.11. The lowest BCUT2D eigenvalue weighted by Gasteiger charge is -2.24. The highest BCUT2D eigenvalue weighted by Gasteiger charge is 2.24. The molecule has 1 aromatic heterocycles. The normalized spacial score (nSPS) is 18.0. The zero-order valence-corrected chi connectivity index (χ0v) is 14.8. The molecule has 1 amide bonds.